The average Bonchev–Trinajstić information content (AvgIpc) is 3.37. The van der Waals surface area contributed by atoms with Crippen LogP contribution in [0.5, 0.6) is 0 Å². The number of carbonyl (C=O) groups is 1. The van der Waals surface area contributed by atoms with E-state index in [1.54, 1.807) is 13.3 Å². The number of ketones is 1. The van der Waals surface area contributed by atoms with E-state index in [2.05, 4.69) is 31.2 Å². The van der Waals surface area contributed by atoms with Crippen molar-refractivity contribution in [3.8, 4) is 11.4 Å². The van der Waals surface area contributed by atoms with Gasteiger partial charge in [-0.05, 0) is 50.8 Å². The Morgan fingerprint density at radius 3 is 2.79 bits per heavy atom. The van der Waals surface area contributed by atoms with E-state index in [1.165, 1.54) is 31.0 Å². The Bertz CT molecular complexity index is 1090. The minimum Gasteiger partial charge on any atom is -0.383 e. The summed E-state index contributed by atoms with van der Waals surface area (Å²) in [4.78, 5) is 17.5. The van der Waals surface area contributed by atoms with Gasteiger partial charge in [0.15, 0.2) is 16.8 Å². The number of hydrogen-bond acceptors (Lipinski definition) is 6. The van der Waals surface area contributed by atoms with Gasteiger partial charge in [0, 0.05) is 54.6 Å². The molecule has 0 radical (unpaired) electrons. The Hall–Kier alpha value is -2.45. The number of aromatic nitrogens is 5. The van der Waals surface area contributed by atoms with Crippen molar-refractivity contribution in [3.63, 3.8) is 0 Å². The smallest absolute Gasteiger partial charge is 0.192 e. The van der Waals surface area contributed by atoms with Crippen LogP contribution >= 0.6 is 11.8 Å². The zero-order chi connectivity index (χ0) is 23.4. The van der Waals surface area contributed by atoms with Gasteiger partial charge < -0.3 is 9.30 Å². The highest BCUT2D eigenvalue weighted by Crippen LogP contribution is 2.39. The number of ether oxygens (including phenoxy) is 1. The standard InChI is InChI=1S/C25H33N5O2S/c1-17-8-5-6-10-22(17)30-24(20-9-7-11-26-15-20)27-28-25(30)33-16-23(31)21-14-18(2)29(19(21)3)12-13-32-4/h7,9,11,14-15,17,22H,5-6,8,10,12-13,16H2,1-4H3/t17-,22-/m0/s1. The van der Waals surface area contributed by atoms with Gasteiger partial charge in [0.25, 0.3) is 0 Å². The number of thioether (sulfide) groups is 1. The summed E-state index contributed by atoms with van der Waals surface area (Å²) >= 11 is 1.49. The maximum Gasteiger partial charge on any atom is 0.192 e. The van der Waals surface area contributed by atoms with Crippen molar-refractivity contribution >= 4 is 17.5 Å². The van der Waals surface area contributed by atoms with Gasteiger partial charge in [0.2, 0.25) is 0 Å². The highest BCUT2D eigenvalue weighted by molar-refractivity contribution is 7.99. The first-order valence-corrected chi connectivity index (χ1v) is 12.7. The largest absolute Gasteiger partial charge is 0.383 e. The first-order chi connectivity index (χ1) is 16.0. The van der Waals surface area contributed by atoms with E-state index in [9.17, 15) is 4.79 Å². The van der Waals surface area contributed by atoms with Crippen LogP contribution in [0.15, 0.2) is 35.7 Å². The third-order valence-electron chi connectivity index (χ3n) is 6.71. The van der Waals surface area contributed by atoms with Gasteiger partial charge in [0.05, 0.1) is 12.4 Å². The van der Waals surface area contributed by atoms with Gasteiger partial charge >= 0.3 is 0 Å². The summed E-state index contributed by atoms with van der Waals surface area (Å²) in [5, 5.41) is 9.88. The Balaban J connectivity index is 1.58. The van der Waals surface area contributed by atoms with Crippen molar-refractivity contribution < 1.29 is 9.53 Å². The average molecular weight is 468 g/mol. The first kappa shape index (κ1) is 23.7. The molecule has 8 heteroatoms. The minimum absolute atomic E-state index is 0.117. The first-order valence-electron chi connectivity index (χ1n) is 11.7. The van der Waals surface area contributed by atoms with Crippen molar-refractivity contribution in [3.05, 3.63) is 47.5 Å². The topological polar surface area (TPSA) is 74.8 Å². The van der Waals surface area contributed by atoms with E-state index < -0.39 is 0 Å². The Morgan fingerprint density at radius 2 is 2.06 bits per heavy atom. The molecule has 1 fully saturated rings. The number of nitrogens with zero attached hydrogens (tertiary/aromatic N) is 5. The molecule has 1 aliphatic carbocycles. The molecular formula is C25H33N5O2S. The van der Waals surface area contributed by atoms with Crippen LogP contribution in [0.1, 0.15) is 60.4 Å². The molecule has 1 aliphatic rings. The SMILES string of the molecule is COCCn1c(C)cc(C(=O)CSc2nnc(-c3cccnc3)n2[C@H]2CCCC[C@@H]2C)c1C. The minimum atomic E-state index is 0.117. The van der Waals surface area contributed by atoms with E-state index in [1.807, 2.05) is 38.2 Å². The van der Waals surface area contributed by atoms with Crippen LogP contribution in [0, 0.1) is 19.8 Å². The van der Waals surface area contributed by atoms with E-state index in [0.29, 0.717) is 24.3 Å². The van der Waals surface area contributed by atoms with Crippen LogP contribution in [-0.2, 0) is 11.3 Å². The Kier molecular flexibility index (Phi) is 7.65. The van der Waals surface area contributed by atoms with Crippen molar-refractivity contribution in [2.75, 3.05) is 19.5 Å². The second kappa shape index (κ2) is 10.7. The summed E-state index contributed by atoms with van der Waals surface area (Å²) in [6, 6.07) is 6.27. The van der Waals surface area contributed by atoms with Gasteiger partial charge in [0.1, 0.15) is 0 Å². The second-order valence-electron chi connectivity index (χ2n) is 8.89. The molecule has 4 rings (SSSR count). The molecule has 0 aromatic carbocycles. The lowest BCUT2D eigenvalue weighted by Gasteiger charge is -2.31. The molecule has 176 valence electrons. The third kappa shape index (κ3) is 5.06. The number of methoxy groups -OCH3 is 1. The fourth-order valence-electron chi connectivity index (χ4n) is 4.86. The van der Waals surface area contributed by atoms with Gasteiger partial charge in [-0.3, -0.25) is 14.3 Å². The fraction of sp³-hybridized carbons (Fsp3) is 0.520. The summed E-state index contributed by atoms with van der Waals surface area (Å²) in [5.74, 6) is 1.83. The Morgan fingerprint density at radius 1 is 1.24 bits per heavy atom. The van der Waals surface area contributed by atoms with E-state index in [0.717, 1.165) is 46.5 Å². The molecule has 1 saturated carbocycles. The number of pyridine rings is 1. The molecule has 33 heavy (non-hydrogen) atoms. The third-order valence-corrected chi connectivity index (χ3v) is 7.65. The molecule has 0 N–H and O–H groups in total. The van der Waals surface area contributed by atoms with E-state index in [4.69, 9.17) is 4.74 Å². The lowest BCUT2D eigenvalue weighted by Crippen LogP contribution is -2.22. The number of carbonyl (C=O) groups excluding carboxylic acids is 1. The summed E-state index contributed by atoms with van der Waals surface area (Å²) in [6.45, 7) is 7.72. The highest BCUT2D eigenvalue weighted by atomic mass is 32.2. The number of Topliss-reactive ketones (excluding diaryl/α,β-unsaturated/α-hetero) is 1. The fourth-order valence-corrected chi connectivity index (χ4v) is 5.74. The molecule has 7 nitrogen and oxygen atoms in total. The molecule has 0 saturated heterocycles. The molecule has 3 aromatic rings. The summed E-state index contributed by atoms with van der Waals surface area (Å²) in [7, 11) is 1.69. The monoisotopic (exact) mass is 467 g/mol. The zero-order valence-corrected chi connectivity index (χ0v) is 20.8. The highest BCUT2D eigenvalue weighted by Gasteiger charge is 2.29. The molecule has 0 spiro atoms. The number of hydrogen-bond donors (Lipinski definition) is 0. The molecule has 3 heterocycles. The van der Waals surface area contributed by atoms with Crippen molar-refractivity contribution in [1.82, 2.24) is 24.3 Å². The maximum absolute atomic E-state index is 13.2. The molecule has 2 atom stereocenters. The van der Waals surface area contributed by atoms with Crippen LogP contribution in [0.4, 0.5) is 0 Å². The molecule has 0 amide bonds. The van der Waals surface area contributed by atoms with E-state index >= 15 is 0 Å². The lowest BCUT2D eigenvalue weighted by atomic mass is 9.85. The lowest BCUT2D eigenvalue weighted by molar-refractivity contribution is 0.102. The molecule has 3 aromatic heterocycles. The molecule has 0 aliphatic heterocycles. The normalized spacial score (nSPS) is 18.5. The van der Waals surface area contributed by atoms with E-state index in [-0.39, 0.29) is 5.78 Å². The van der Waals surface area contributed by atoms with Gasteiger partial charge in [-0.15, -0.1) is 10.2 Å². The van der Waals surface area contributed by atoms with Gasteiger partial charge in [-0.25, -0.2) is 0 Å². The summed E-state index contributed by atoms with van der Waals surface area (Å²) in [6.07, 6.45) is 8.38. The van der Waals surface area contributed by atoms with Crippen molar-refractivity contribution in [2.45, 2.75) is 64.2 Å². The van der Waals surface area contributed by atoms with Crippen molar-refractivity contribution in [2.24, 2.45) is 5.92 Å². The van der Waals surface area contributed by atoms with Gasteiger partial charge in [-0.2, -0.15) is 0 Å². The summed E-state index contributed by atoms with van der Waals surface area (Å²) < 4.78 is 9.63. The Labute approximate surface area is 200 Å². The predicted molar refractivity (Wildman–Crippen MR) is 131 cm³/mol. The predicted octanol–water partition coefficient (Wildman–Crippen LogP) is 5.13. The quantitative estimate of drug-likeness (QED) is 0.321. The molecule has 0 unspecified atom stereocenters. The summed E-state index contributed by atoms with van der Waals surface area (Å²) in [5.41, 5.74) is 3.81. The number of aryl methyl sites for hydroxylation is 1. The maximum atomic E-state index is 13.2. The van der Waals surface area contributed by atoms with Crippen LogP contribution < -0.4 is 0 Å². The van der Waals surface area contributed by atoms with Crippen LogP contribution in [-0.4, -0.2) is 49.6 Å². The zero-order valence-electron chi connectivity index (χ0n) is 20.0. The van der Waals surface area contributed by atoms with Crippen molar-refractivity contribution in [1.29, 1.82) is 0 Å². The van der Waals surface area contributed by atoms with Crippen LogP contribution in [0.3, 0.4) is 0 Å². The van der Waals surface area contributed by atoms with Crippen LogP contribution in [0.25, 0.3) is 11.4 Å². The number of rotatable bonds is 9. The van der Waals surface area contributed by atoms with Crippen LogP contribution in [0.2, 0.25) is 0 Å². The molecular weight excluding hydrogens is 434 g/mol. The van der Waals surface area contributed by atoms with Gasteiger partial charge in [-0.1, -0.05) is 31.5 Å². The second-order valence-corrected chi connectivity index (χ2v) is 9.83. The molecule has 0 bridgehead atoms.